The largest absolute Gasteiger partial charge is 0.298 e. The molecular formula is C6H8N2OS. The Morgan fingerprint density at radius 3 is 2.90 bits per heavy atom. The number of aryl methyl sites for hydroxylation is 1. The van der Waals surface area contributed by atoms with Crippen LogP contribution < -0.4 is 0 Å². The van der Waals surface area contributed by atoms with Crippen molar-refractivity contribution in [2.45, 2.75) is 5.03 Å². The minimum atomic E-state index is 0.662. The molecule has 10 heavy (non-hydrogen) atoms. The Morgan fingerprint density at radius 1 is 1.80 bits per heavy atom. The average molecular weight is 156 g/mol. The van der Waals surface area contributed by atoms with Crippen LogP contribution >= 0.6 is 11.8 Å². The zero-order chi connectivity index (χ0) is 7.56. The highest BCUT2D eigenvalue weighted by molar-refractivity contribution is 7.98. The molecule has 0 saturated carbocycles. The van der Waals surface area contributed by atoms with Crippen molar-refractivity contribution in [3.8, 4) is 0 Å². The monoisotopic (exact) mass is 156 g/mol. The van der Waals surface area contributed by atoms with E-state index < -0.39 is 0 Å². The van der Waals surface area contributed by atoms with E-state index in [1.165, 1.54) is 11.8 Å². The molecule has 4 heteroatoms. The van der Waals surface area contributed by atoms with E-state index in [1.54, 1.807) is 10.9 Å². The lowest BCUT2D eigenvalue weighted by Crippen LogP contribution is -1.91. The maximum atomic E-state index is 10.3. The highest BCUT2D eigenvalue weighted by Crippen LogP contribution is 2.16. The van der Waals surface area contributed by atoms with Gasteiger partial charge in [0, 0.05) is 7.05 Å². The normalized spacial score (nSPS) is 9.80. The Kier molecular flexibility index (Phi) is 2.11. The van der Waals surface area contributed by atoms with Gasteiger partial charge in [0.1, 0.15) is 5.03 Å². The van der Waals surface area contributed by atoms with Crippen molar-refractivity contribution >= 4 is 18.0 Å². The van der Waals surface area contributed by atoms with Gasteiger partial charge in [-0.15, -0.1) is 11.8 Å². The minimum absolute atomic E-state index is 0.662. The summed E-state index contributed by atoms with van der Waals surface area (Å²) in [4.78, 5) is 10.3. The average Bonchev–Trinajstić information content (AvgIpc) is 2.30. The molecule has 0 amide bonds. The lowest BCUT2D eigenvalue weighted by Gasteiger charge is -1.95. The predicted molar refractivity (Wildman–Crippen MR) is 40.4 cm³/mol. The first-order valence-corrected chi connectivity index (χ1v) is 4.03. The van der Waals surface area contributed by atoms with E-state index in [0.29, 0.717) is 5.56 Å². The van der Waals surface area contributed by atoms with Crippen LogP contribution in [0.3, 0.4) is 0 Å². The van der Waals surface area contributed by atoms with E-state index in [4.69, 9.17) is 0 Å². The van der Waals surface area contributed by atoms with Gasteiger partial charge in [-0.2, -0.15) is 5.10 Å². The van der Waals surface area contributed by atoms with Crippen molar-refractivity contribution in [1.29, 1.82) is 0 Å². The molecule has 0 fully saturated rings. The molecule has 0 aliphatic rings. The van der Waals surface area contributed by atoms with Crippen LogP contribution in [-0.2, 0) is 7.05 Å². The smallest absolute Gasteiger partial charge is 0.154 e. The molecule has 1 aromatic heterocycles. The first-order chi connectivity index (χ1) is 4.79. The summed E-state index contributed by atoms with van der Waals surface area (Å²) in [6.45, 7) is 0. The fourth-order valence-corrected chi connectivity index (χ4v) is 1.42. The quantitative estimate of drug-likeness (QED) is 0.472. The van der Waals surface area contributed by atoms with Gasteiger partial charge in [-0.25, -0.2) is 0 Å². The van der Waals surface area contributed by atoms with Crippen LogP contribution in [0, 0.1) is 0 Å². The van der Waals surface area contributed by atoms with Crippen LogP contribution in [0.5, 0.6) is 0 Å². The number of aldehydes is 1. The summed E-state index contributed by atoms with van der Waals surface area (Å²) in [6.07, 6.45) is 4.31. The van der Waals surface area contributed by atoms with Crippen molar-refractivity contribution in [2.75, 3.05) is 6.26 Å². The molecule has 3 nitrogen and oxygen atoms in total. The second-order valence-corrected chi connectivity index (χ2v) is 2.65. The molecule has 1 rings (SSSR count). The van der Waals surface area contributed by atoms with E-state index in [-0.39, 0.29) is 0 Å². The zero-order valence-corrected chi connectivity index (χ0v) is 6.68. The number of thioether (sulfide) groups is 1. The summed E-state index contributed by atoms with van der Waals surface area (Å²) in [5.41, 5.74) is 0.662. The van der Waals surface area contributed by atoms with E-state index in [9.17, 15) is 4.79 Å². The summed E-state index contributed by atoms with van der Waals surface area (Å²) in [7, 11) is 1.82. The molecular weight excluding hydrogens is 148 g/mol. The van der Waals surface area contributed by atoms with Gasteiger partial charge >= 0.3 is 0 Å². The third kappa shape index (κ3) is 1.07. The second-order valence-electron chi connectivity index (χ2n) is 1.85. The molecule has 1 aromatic rings. The molecule has 54 valence electrons. The van der Waals surface area contributed by atoms with E-state index in [0.717, 1.165) is 11.3 Å². The van der Waals surface area contributed by atoms with Crippen molar-refractivity contribution in [3.05, 3.63) is 11.8 Å². The molecule has 0 radical (unpaired) electrons. The van der Waals surface area contributed by atoms with Gasteiger partial charge in [0.25, 0.3) is 0 Å². The summed E-state index contributed by atoms with van der Waals surface area (Å²) < 4.78 is 1.69. The second kappa shape index (κ2) is 2.88. The maximum Gasteiger partial charge on any atom is 0.154 e. The molecule has 0 aliphatic carbocycles. The highest BCUT2D eigenvalue weighted by Gasteiger charge is 2.04. The molecule has 0 unspecified atom stereocenters. The Balaban J connectivity index is 3.12. The van der Waals surface area contributed by atoms with Crippen LogP contribution in [0.25, 0.3) is 0 Å². The molecule has 0 spiro atoms. The van der Waals surface area contributed by atoms with Gasteiger partial charge in [-0.05, 0) is 6.26 Å². The standard InChI is InChI=1S/C6H8N2OS/c1-8-6(10-2)5(4-9)3-7-8/h3-4H,1-2H3. The summed E-state index contributed by atoms with van der Waals surface area (Å²) >= 11 is 1.52. The van der Waals surface area contributed by atoms with E-state index >= 15 is 0 Å². The molecule has 0 aliphatic heterocycles. The lowest BCUT2D eigenvalue weighted by molar-refractivity contribution is 0.112. The van der Waals surface area contributed by atoms with Crippen molar-refractivity contribution < 1.29 is 4.79 Å². The van der Waals surface area contributed by atoms with Gasteiger partial charge in [0.2, 0.25) is 0 Å². The lowest BCUT2D eigenvalue weighted by atomic mass is 10.4. The van der Waals surface area contributed by atoms with Gasteiger partial charge < -0.3 is 0 Å². The van der Waals surface area contributed by atoms with Crippen LogP contribution in [0.4, 0.5) is 0 Å². The Labute approximate surface area is 63.4 Å². The van der Waals surface area contributed by atoms with Crippen LogP contribution in [-0.4, -0.2) is 22.3 Å². The number of rotatable bonds is 2. The Hall–Kier alpha value is -0.770. The number of hydrogen-bond acceptors (Lipinski definition) is 3. The number of carbonyl (C=O) groups excluding carboxylic acids is 1. The molecule has 0 saturated heterocycles. The van der Waals surface area contributed by atoms with E-state index in [1.807, 2.05) is 13.3 Å². The van der Waals surface area contributed by atoms with Crippen molar-refractivity contribution in [1.82, 2.24) is 9.78 Å². The fourth-order valence-electron chi connectivity index (χ4n) is 0.774. The number of carbonyl (C=O) groups is 1. The van der Waals surface area contributed by atoms with Gasteiger partial charge in [-0.3, -0.25) is 9.48 Å². The van der Waals surface area contributed by atoms with Gasteiger partial charge in [0.15, 0.2) is 6.29 Å². The molecule has 0 N–H and O–H groups in total. The fraction of sp³-hybridized carbons (Fsp3) is 0.333. The van der Waals surface area contributed by atoms with Crippen molar-refractivity contribution in [3.63, 3.8) is 0 Å². The van der Waals surface area contributed by atoms with Crippen LogP contribution in [0.2, 0.25) is 0 Å². The number of hydrogen-bond donors (Lipinski definition) is 0. The molecule has 0 bridgehead atoms. The SMILES string of the molecule is CSc1c(C=O)cnn1C. The zero-order valence-electron chi connectivity index (χ0n) is 5.87. The minimum Gasteiger partial charge on any atom is -0.298 e. The Bertz CT molecular complexity index is 244. The third-order valence-corrected chi connectivity index (χ3v) is 2.12. The summed E-state index contributed by atoms with van der Waals surface area (Å²) in [6, 6.07) is 0. The first-order valence-electron chi connectivity index (χ1n) is 2.80. The summed E-state index contributed by atoms with van der Waals surface area (Å²) in [5.74, 6) is 0. The third-order valence-electron chi connectivity index (χ3n) is 1.23. The van der Waals surface area contributed by atoms with Gasteiger partial charge in [0.05, 0.1) is 11.8 Å². The predicted octanol–water partition coefficient (Wildman–Crippen LogP) is 0.955. The molecule has 0 aromatic carbocycles. The van der Waals surface area contributed by atoms with E-state index in [2.05, 4.69) is 5.10 Å². The van der Waals surface area contributed by atoms with Crippen LogP contribution in [0.15, 0.2) is 11.2 Å². The maximum absolute atomic E-state index is 10.3. The van der Waals surface area contributed by atoms with Crippen LogP contribution in [0.1, 0.15) is 10.4 Å². The van der Waals surface area contributed by atoms with Crippen molar-refractivity contribution in [2.24, 2.45) is 7.05 Å². The first kappa shape index (κ1) is 7.34. The topological polar surface area (TPSA) is 34.9 Å². The Morgan fingerprint density at radius 2 is 2.50 bits per heavy atom. The number of aromatic nitrogens is 2. The number of nitrogens with zero attached hydrogens (tertiary/aromatic N) is 2. The summed E-state index contributed by atoms with van der Waals surface area (Å²) in [5, 5.41) is 4.83. The molecule has 0 atom stereocenters. The molecule has 1 heterocycles. The highest BCUT2D eigenvalue weighted by atomic mass is 32.2. The van der Waals surface area contributed by atoms with Gasteiger partial charge in [-0.1, -0.05) is 0 Å².